The van der Waals surface area contributed by atoms with Crippen molar-refractivity contribution >= 4 is 34.1 Å². The van der Waals surface area contributed by atoms with Crippen molar-refractivity contribution in [1.29, 1.82) is 0 Å². The second-order valence-electron chi connectivity index (χ2n) is 6.10. The second-order valence-corrected chi connectivity index (χ2v) is 7.16. The third-order valence-corrected chi connectivity index (χ3v) is 4.62. The number of halogens is 3. The molecule has 1 heterocycles. The van der Waals surface area contributed by atoms with Crippen LogP contribution in [0.2, 0.25) is 0 Å². The fraction of sp³-hybridized carbons (Fsp3) is 0.158. The number of nitrogens with zero attached hydrogens (tertiary/aromatic N) is 2. The van der Waals surface area contributed by atoms with Gasteiger partial charge in [-0.05, 0) is 23.8 Å². The molecule has 0 aliphatic carbocycles. The molecule has 0 bridgehead atoms. The van der Waals surface area contributed by atoms with Gasteiger partial charge in [0, 0.05) is 12.2 Å². The van der Waals surface area contributed by atoms with E-state index in [4.69, 9.17) is 0 Å². The molecule has 0 aliphatic rings. The average Bonchev–Trinajstić information content (AvgIpc) is 3.13. The molecule has 0 atom stereocenters. The molecule has 0 spiro atoms. The summed E-state index contributed by atoms with van der Waals surface area (Å²) in [5.74, 6) is -0.255. The van der Waals surface area contributed by atoms with E-state index in [9.17, 15) is 22.8 Å². The van der Waals surface area contributed by atoms with Gasteiger partial charge in [0.15, 0.2) is 0 Å². The van der Waals surface area contributed by atoms with Crippen LogP contribution in [0.1, 0.15) is 16.1 Å². The fourth-order valence-electron chi connectivity index (χ4n) is 2.40. The van der Waals surface area contributed by atoms with E-state index in [1.54, 1.807) is 0 Å². The van der Waals surface area contributed by atoms with Crippen molar-refractivity contribution in [3.05, 3.63) is 70.7 Å². The largest absolute Gasteiger partial charge is 0.416 e. The predicted octanol–water partition coefficient (Wildman–Crippen LogP) is 4.06. The van der Waals surface area contributed by atoms with Gasteiger partial charge < -0.3 is 10.6 Å². The number of nitrogens with one attached hydrogen (secondary N) is 3. The summed E-state index contributed by atoms with van der Waals surface area (Å²) in [5.41, 5.74) is 0.0594. The molecule has 3 N–H and O–H groups in total. The Morgan fingerprint density at radius 1 is 0.967 bits per heavy atom. The Labute approximate surface area is 173 Å². The van der Waals surface area contributed by atoms with E-state index in [0.717, 1.165) is 29.0 Å². The third-order valence-electron chi connectivity index (χ3n) is 3.78. The number of hydrogen-bond donors (Lipinski definition) is 3. The molecule has 156 valence electrons. The van der Waals surface area contributed by atoms with Gasteiger partial charge in [0.25, 0.3) is 0 Å². The van der Waals surface area contributed by atoms with Gasteiger partial charge in [-0.1, -0.05) is 47.7 Å². The van der Waals surface area contributed by atoms with Crippen molar-refractivity contribution in [3.63, 3.8) is 0 Å². The van der Waals surface area contributed by atoms with Gasteiger partial charge in [0.05, 0.1) is 12.0 Å². The van der Waals surface area contributed by atoms with Gasteiger partial charge in [0.2, 0.25) is 11.0 Å². The van der Waals surface area contributed by atoms with Crippen LogP contribution in [0.15, 0.2) is 54.6 Å². The molecule has 30 heavy (non-hydrogen) atoms. The molecule has 2 aromatic carbocycles. The van der Waals surface area contributed by atoms with Gasteiger partial charge in [-0.25, -0.2) is 4.79 Å². The van der Waals surface area contributed by atoms with Crippen molar-refractivity contribution in [2.45, 2.75) is 19.1 Å². The number of hydrogen-bond acceptors (Lipinski definition) is 5. The number of carbonyl (C=O) groups is 2. The highest BCUT2D eigenvalue weighted by atomic mass is 32.1. The zero-order valence-corrected chi connectivity index (χ0v) is 16.2. The first-order chi connectivity index (χ1) is 14.3. The fourth-order valence-corrected chi connectivity index (χ4v) is 3.14. The zero-order valence-electron chi connectivity index (χ0n) is 15.4. The van der Waals surface area contributed by atoms with E-state index < -0.39 is 17.8 Å². The minimum Gasteiger partial charge on any atom is -0.352 e. The van der Waals surface area contributed by atoms with E-state index in [-0.39, 0.29) is 23.1 Å². The first-order valence-corrected chi connectivity index (χ1v) is 9.49. The lowest BCUT2D eigenvalue weighted by molar-refractivity contribution is -0.137. The lowest BCUT2D eigenvalue weighted by Crippen LogP contribution is -2.24. The Morgan fingerprint density at radius 2 is 1.73 bits per heavy atom. The van der Waals surface area contributed by atoms with Gasteiger partial charge in [0.1, 0.15) is 5.01 Å². The molecule has 7 nitrogen and oxygen atoms in total. The summed E-state index contributed by atoms with van der Waals surface area (Å²) in [4.78, 5) is 24.0. The maximum Gasteiger partial charge on any atom is 0.416 e. The number of anilines is 2. The van der Waals surface area contributed by atoms with Crippen LogP contribution in [0.3, 0.4) is 0 Å². The summed E-state index contributed by atoms with van der Waals surface area (Å²) in [6.07, 6.45) is -4.52. The molecule has 0 unspecified atom stereocenters. The monoisotopic (exact) mass is 435 g/mol. The number of carbonyl (C=O) groups excluding carboxylic acids is 2. The molecular formula is C19H16F3N5O2S. The van der Waals surface area contributed by atoms with E-state index in [2.05, 4.69) is 26.1 Å². The van der Waals surface area contributed by atoms with Crippen LogP contribution < -0.4 is 16.0 Å². The Hall–Kier alpha value is -3.47. The molecule has 1 aromatic heterocycles. The first kappa shape index (κ1) is 21.2. The molecule has 3 rings (SSSR count). The number of aromatic nitrogens is 2. The zero-order chi connectivity index (χ0) is 21.6. The maximum atomic E-state index is 12.7. The normalized spacial score (nSPS) is 11.0. The summed E-state index contributed by atoms with van der Waals surface area (Å²) < 4.78 is 38.2. The summed E-state index contributed by atoms with van der Waals surface area (Å²) in [7, 11) is 0. The third kappa shape index (κ3) is 6.27. The van der Waals surface area contributed by atoms with Crippen LogP contribution in [0, 0.1) is 0 Å². The molecule has 0 radical (unpaired) electrons. The van der Waals surface area contributed by atoms with Crippen molar-refractivity contribution < 1.29 is 22.8 Å². The Bertz CT molecular complexity index is 1020. The van der Waals surface area contributed by atoms with E-state index >= 15 is 0 Å². The van der Waals surface area contributed by atoms with E-state index in [0.29, 0.717) is 11.6 Å². The minimum atomic E-state index is -4.51. The SMILES string of the molecule is O=C(Cc1nnc(NC(=O)Nc2cccc(C(F)(F)F)c2)s1)NCc1ccccc1. The maximum absolute atomic E-state index is 12.7. The standard InChI is InChI=1S/C19H16F3N5O2S/c20-19(21,22)13-7-4-8-14(9-13)24-17(29)25-18-27-26-16(30-18)10-15(28)23-11-12-5-2-1-3-6-12/h1-9H,10-11H2,(H,23,28)(H2,24,25,27,29). The first-order valence-electron chi connectivity index (χ1n) is 8.68. The second kappa shape index (κ2) is 9.35. The van der Waals surface area contributed by atoms with E-state index in [1.807, 2.05) is 30.3 Å². The van der Waals surface area contributed by atoms with Crippen LogP contribution >= 0.6 is 11.3 Å². The van der Waals surface area contributed by atoms with Crippen molar-refractivity contribution in [2.24, 2.45) is 0 Å². The summed E-state index contributed by atoms with van der Waals surface area (Å²) >= 11 is 0.994. The Morgan fingerprint density at radius 3 is 2.47 bits per heavy atom. The van der Waals surface area contributed by atoms with Gasteiger partial charge >= 0.3 is 12.2 Å². The highest BCUT2D eigenvalue weighted by Gasteiger charge is 2.30. The van der Waals surface area contributed by atoms with Crippen LogP contribution in [0.5, 0.6) is 0 Å². The lowest BCUT2D eigenvalue weighted by Gasteiger charge is -2.09. The highest BCUT2D eigenvalue weighted by molar-refractivity contribution is 7.15. The number of benzene rings is 2. The molecule has 11 heteroatoms. The summed E-state index contributed by atoms with van der Waals surface area (Å²) in [6.45, 7) is 0.378. The average molecular weight is 435 g/mol. The van der Waals surface area contributed by atoms with Crippen LogP contribution in [0.4, 0.5) is 28.8 Å². The molecule has 0 aliphatic heterocycles. The summed E-state index contributed by atoms with van der Waals surface area (Å²) in [5, 5.41) is 15.5. The van der Waals surface area contributed by atoms with Gasteiger partial charge in [-0.3, -0.25) is 10.1 Å². The molecule has 3 amide bonds. The Kier molecular flexibility index (Phi) is 6.62. The molecular weight excluding hydrogens is 419 g/mol. The van der Waals surface area contributed by atoms with Crippen molar-refractivity contribution in [2.75, 3.05) is 10.6 Å². The van der Waals surface area contributed by atoms with Crippen LogP contribution in [-0.4, -0.2) is 22.1 Å². The summed E-state index contributed by atoms with van der Waals surface area (Å²) in [6, 6.07) is 12.9. The number of urea groups is 1. The molecule has 0 saturated heterocycles. The van der Waals surface area contributed by atoms with Gasteiger partial charge in [-0.2, -0.15) is 13.2 Å². The van der Waals surface area contributed by atoms with Gasteiger partial charge in [-0.15, -0.1) is 10.2 Å². The smallest absolute Gasteiger partial charge is 0.352 e. The minimum absolute atomic E-state index is 0.0125. The predicted molar refractivity (Wildman–Crippen MR) is 106 cm³/mol. The van der Waals surface area contributed by atoms with Crippen LogP contribution in [0.25, 0.3) is 0 Å². The van der Waals surface area contributed by atoms with E-state index in [1.165, 1.54) is 12.1 Å². The topological polar surface area (TPSA) is 96.0 Å². The lowest BCUT2D eigenvalue weighted by atomic mass is 10.2. The van der Waals surface area contributed by atoms with Crippen molar-refractivity contribution in [3.8, 4) is 0 Å². The number of rotatable bonds is 6. The van der Waals surface area contributed by atoms with Crippen LogP contribution in [-0.2, 0) is 23.9 Å². The number of amides is 3. The quantitative estimate of drug-likeness (QED) is 0.544. The number of alkyl halides is 3. The van der Waals surface area contributed by atoms with Crippen molar-refractivity contribution in [1.82, 2.24) is 15.5 Å². The highest BCUT2D eigenvalue weighted by Crippen LogP contribution is 2.30. The Balaban J connectivity index is 1.50. The molecule has 0 saturated carbocycles. The molecule has 3 aromatic rings. The molecule has 0 fully saturated rings.